The van der Waals surface area contributed by atoms with Gasteiger partial charge in [-0.25, -0.2) is 0 Å². The van der Waals surface area contributed by atoms with Gasteiger partial charge in [-0.1, -0.05) is 0 Å². The number of carbonyl (C=O) groups excluding carboxylic acids is 3. The van der Waals surface area contributed by atoms with E-state index in [4.69, 9.17) is 9.47 Å². The molecule has 0 radical (unpaired) electrons. The number of ether oxygens (including phenoxy) is 2. The van der Waals surface area contributed by atoms with Crippen LogP contribution in [0, 0.1) is 0 Å². The summed E-state index contributed by atoms with van der Waals surface area (Å²) in [6.07, 6.45) is -0.811. The van der Waals surface area contributed by atoms with Gasteiger partial charge in [-0.3, -0.25) is 14.4 Å². The topological polar surface area (TPSA) is 81.7 Å². The summed E-state index contributed by atoms with van der Waals surface area (Å²) in [6.45, 7) is 5.32. The maximum atomic E-state index is 11.8. The zero-order valence-electron chi connectivity index (χ0n) is 14.4. The first-order valence-corrected chi connectivity index (χ1v) is 8.77. The maximum Gasteiger partial charge on any atom is 0.316 e. The van der Waals surface area contributed by atoms with Gasteiger partial charge in [-0.2, -0.15) is 0 Å². The van der Waals surface area contributed by atoms with E-state index in [2.05, 4.69) is 5.32 Å². The predicted molar refractivity (Wildman–Crippen MR) is 93.4 cm³/mol. The molecule has 1 amide bonds. The molecule has 1 rings (SSSR count). The average molecular weight is 353 g/mol. The van der Waals surface area contributed by atoms with Gasteiger partial charge in [-0.15, -0.1) is 11.8 Å². The molecule has 0 saturated heterocycles. The number of esters is 1. The average Bonchev–Trinajstić information content (AvgIpc) is 2.54. The number of hydrogen-bond acceptors (Lipinski definition) is 6. The van der Waals surface area contributed by atoms with E-state index >= 15 is 0 Å². The Labute approximate surface area is 146 Å². The lowest BCUT2D eigenvalue weighted by molar-refractivity contribution is -0.152. The minimum Gasteiger partial charge on any atom is -0.496 e. The van der Waals surface area contributed by atoms with Crippen molar-refractivity contribution in [2.45, 2.75) is 32.6 Å². The van der Waals surface area contributed by atoms with E-state index in [0.717, 1.165) is 5.56 Å². The van der Waals surface area contributed by atoms with Crippen molar-refractivity contribution in [3.63, 3.8) is 0 Å². The molecule has 0 aliphatic carbocycles. The SMILES string of the molecule is CCNC(=O)[C@@H](C)OC(=O)CSCc1cc(C(C)=O)ccc1OC. The Balaban J connectivity index is 2.55. The zero-order chi connectivity index (χ0) is 18.1. The lowest BCUT2D eigenvalue weighted by atomic mass is 10.1. The Morgan fingerprint density at radius 1 is 1.29 bits per heavy atom. The zero-order valence-corrected chi connectivity index (χ0v) is 15.2. The molecule has 0 aromatic heterocycles. The minimum absolute atomic E-state index is 0.0286. The van der Waals surface area contributed by atoms with Gasteiger partial charge in [0.1, 0.15) is 5.75 Å². The van der Waals surface area contributed by atoms with Gasteiger partial charge >= 0.3 is 5.97 Å². The highest BCUT2D eigenvalue weighted by Crippen LogP contribution is 2.25. The van der Waals surface area contributed by atoms with Crippen molar-refractivity contribution in [3.8, 4) is 5.75 Å². The Kier molecular flexibility index (Phi) is 8.32. The molecule has 0 bridgehead atoms. The van der Waals surface area contributed by atoms with E-state index < -0.39 is 12.1 Å². The van der Waals surface area contributed by atoms with Gasteiger partial charge in [0, 0.05) is 23.4 Å². The monoisotopic (exact) mass is 353 g/mol. The maximum absolute atomic E-state index is 11.8. The van der Waals surface area contributed by atoms with Gasteiger partial charge in [0.25, 0.3) is 5.91 Å². The molecular weight excluding hydrogens is 330 g/mol. The summed E-state index contributed by atoms with van der Waals surface area (Å²) in [6, 6.07) is 5.20. The number of benzene rings is 1. The Hall–Kier alpha value is -2.02. The number of likely N-dealkylation sites (N-methyl/N-ethyl adjacent to an activating group) is 1. The number of Topliss-reactive ketones (excluding diaryl/α,β-unsaturated/α-hetero) is 1. The molecule has 0 unspecified atom stereocenters. The van der Waals surface area contributed by atoms with Crippen molar-refractivity contribution < 1.29 is 23.9 Å². The summed E-state index contributed by atoms with van der Waals surface area (Å²) < 4.78 is 10.3. The van der Waals surface area contributed by atoms with Crippen LogP contribution in [0.25, 0.3) is 0 Å². The van der Waals surface area contributed by atoms with Gasteiger partial charge < -0.3 is 14.8 Å². The number of nitrogens with one attached hydrogen (secondary N) is 1. The van der Waals surface area contributed by atoms with Crippen LogP contribution in [0.2, 0.25) is 0 Å². The first-order valence-electron chi connectivity index (χ1n) is 7.61. The molecule has 0 aliphatic rings. The third-order valence-electron chi connectivity index (χ3n) is 3.19. The van der Waals surface area contributed by atoms with Crippen LogP contribution >= 0.6 is 11.8 Å². The molecule has 0 spiro atoms. The van der Waals surface area contributed by atoms with Crippen molar-refractivity contribution in [3.05, 3.63) is 29.3 Å². The third-order valence-corrected chi connectivity index (χ3v) is 4.15. The molecule has 24 heavy (non-hydrogen) atoms. The molecule has 1 aromatic rings. The van der Waals surface area contributed by atoms with Crippen molar-refractivity contribution in [2.75, 3.05) is 19.4 Å². The lowest BCUT2D eigenvalue weighted by Crippen LogP contribution is -2.35. The van der Waals surface area contributed by atoms with Crippen LogP contribution in [0.1, 0.15) is 36.7 Å². The van der Waals surface area contributed by atoms with Gasteiger partial charge in [0.15, 0.2) is 11.9 Å². The second-order valence-electron chi connectivity index (χ2n) is 5.10. The molecule has 0 fully saturated rings. The number of amides is 1. The van der Waals surface area contributed by atoms with E-state index in [0.29, 0.717) is 23.6 Å². The molecular formula is C17H23NO5S. The van der Waals surface area contributed by atoms with Crippen molar-refractivity contribution >= 4 is 29.4 Å². The number of hydrogen-bond donors (Lipinski definition) is 1. The van der Waals surface area contributed by atoms with Crippen LogP contribution in [0.15, 0.2) is 18.2 Å². The lowest BCUT2D eigenvalue weighted by Gasteiger charge is -2.13. The number of ketones is 1. The summed E-state index contributed by atoms with van der Waals surface area (Å²) in [5.74, 6) is 0.467. The fourth-order valence-electron chi connectivity index (χ4n) is 1.96. The summed E-state index contributed by atoms with van der Waals surface area (Å²) in [7, 11) is 1.55. The Morgan fingerprint density at radius 3 is 2.58 bits per heavy atom. The number of rotatable bonds is 9. The van der Waals surface area contributed by atoms with Crippen LogP contribution in [0.4, 0.5) is 0 Å². The van der Waals surface area contributed by atoms with Gasteiger partial charge in [0.2, 0.25) is 0 Å². The molecule has 0 aliphatic heterocycles. The van der Waals surface area contributed by atoms with E-state index in [9.17, 15) is 14.4 Å². The highest BCUT2D eigenvalue weighted by molar-refractivity contribution is 7.99. The largest absolute Gasteiger partial charge is 0.496 e. The van der Waals surface area contributed by atoms with Crippen LogP contribution in [0.5, 0.6) is 5.75 Å². The van der Waals surface area contributed by atoms with Crippen molar-refractivity contribution in [2.24, 2.45) is 0 Å². The summed E-state index contributed by atoms with van der Waals surface area (Å²) in [5, 5.41) is 2.59. The predicted octanol–water partition coefficient (Wildman–Crippen LogP) is 2.20. The van der Waals surface area contributed by atoms with Crippen LogP contribution < -0.4 is 10.1 Å². The first-order chi connectivity index (χ1) is 11.4. The minimum atomic E-state index is -0.811. The second kappa shape index (κ2) is 9.97. The van der Waals surface area contributed by atoms with Crippen molar-refractivity contribution in [1.29, 1.82) is 0 Å². The fourth-order valence-corrected chi connectivity index (χ4v) is 2.74. The summed E-state index contributed by atoms with van der Waals surface area (Å²) >= 11 is 1.33. The third kappa shape index (κ3) is 6.23. The first kappa shape index (κ1) is 20.0. The molecule has 132 valence electrons. The highest BCUT2D eigenvalue weighted by atomic mass is 32.2. The van der Waals surface area contributed by atoms with Crippen molar-refractivity contribution in [1.82, 2.24) is 5.32 Å². The Bertz CT molecular complexity index is 603. The van der Waals surface area contributed by atoms with Gasteiger partial charge in [0.05, 0.1) is 12.9 Å². The second-order valence-corrected chi connectivity index (χ2v) is 6.09. The highest BCUT2D eigenvalue weighted by Gasteiger charge is 2.17. The molecule has 0 heterocycles. The van der Waals surface area contributed by atoms with Crippen LogP contribution in [-0.4, -0.2) is 43.2 Å². The van der Waals surface area contributed by atoms with Crippen LogP contribution in [-0.2, 0) is 20.1 Å². The molecule has 6 nitrogen and oxygen atoms in total. The van der Waals surface area contributed by atoms with E-state index in [-0.39, 0.29) is 17.4 Å². The molecule has 1 atom stereocenters. The molecule has 1 aromatic carbocycles. The standard InChI is InChI=1S/C17H23NO5S/c1-5-18-17(21)12(3)23-16(20)10-24-9-14-8-13(11(2)19)6-7-15(14)22-4/h6-8,12H,5,9-10H2,1-4H3,(H,18,21)/t12-/m1/s1. The Morgan fingerprint density at radius 2 is 2.00 bits per heavy atom. The van der Waals surface area contributed by atoms with Crippen LogP contribution in [0.3, 0.4) is 0 Å². The molecule has 1 N–H and O–H groups in total. The number of methoxy groups -OCH3 is 1. The van der Waals surface area contributed by atoms with E-state index in [1.807, 2.05) is 0 Å². The van der Waals surface area contributed by atoms with Gasteiger partial charge in [-0.05, 0) is 39.0 Å². The number of carbonyl (C=O) groups is 3. The van der Waals surface area contributed by atoms with E-state index in [1.54, 1.807) is 32.2 Å². The molecule has 7 heteroatoms. The quantitative estimate of drug-likeness (QED) is 0.541. The number of thioether (sulfide) groups is 1. The smallest absolute Gasteiger partial charge is 0.316 e. The molecule has 0 saturated carbocycles. The fraction of sp³-hybridized carbons (Fsp3) is 0.471. The summed E-state index contributed by atoms with van der Waals surface area (Å²) in [5.41, 5.74) is 1.43. The summed E-state index contributed by atoms with van der Waals surface area (Å²) in [4.78, 5) is 34.7. The normalized spacial score (nSPS) is 11.5. The van der Waals surface area contributed by atoms with E-state index in [1.165, 1.54) is 25.6 Å².